The molecule has 1 aliphatic heterocycles. The fraction of sp³-hybridized carbons (Fsp3) is 0.600. The van der Waals surface area contributed by atoms with E-state index in [9.17, 15) is 0 Å². The molecule has 1 aliphatic rings. The van der Waals surface area contributed by atoms with Crippen LogP contribution < -0.4 is 10.1 Å². The van der Waals surface area contributed by atoms with Crippen LogP contribution in [-0.2, 0) is 6.42 Å². The monoisotopic (exact) mass is 248 g/mol. The van der Waals surface area contributed by atoms with Crippen LogP contribution in [0.2, 0.25) is 0 Å². The highest BCUT2D eigenvalue weighted by Gasteiger charge is 2.19. The van der Waals surface area contributed by atoms with Crippen LogP contribution in [0.3, 0.4) is 0 Å². The zero-order valence-electron chi connectivity index (χ0n) is 11.7. The van der Waals surface area contributed by atoms with E-state index in [1.165, 1.54) is 17.5 Å². The molecule has 1 aromatic carbocycles. The lowest BCUT2D eigenvalue weighted by Crippen LogP contribution is -2.29. The van der Waals surface area contributed by atoms with Crippen LogP contribution in [0.5, 0.6) is 5.75 Å². The molecule has 1 aromatic rings. The predicted molar refractivity (Wildman–Crippen MR) is 75.2 cm³/mol. The normalized spacial score (nSPS) is 21.6. The van der Waals surface area contributed by atoms with Crippen LogP contribution in [0.25, 0.3) is 0 Å². The van der Waals surface area contributed by atoms with Gasteiger partial charge in [-0.25, -0.2) is 0 Å². The SMILES string of the molecule is CCc1cc(C2CNCCCN2C)ccc1OC. The van der Waals surface area contributed by atoms with Crippen molar-refractivity contribution in [2.24, 2.45) is 0 Å². The molecule has 1 atom stereocenters. The molecule has 3 nitrogen and oxygen atoms in total. The lowest BCUT2D eigenvalue weighted by atomic mass is 10.0. The van der Waals surface area contributed by atoms with E-state index in [1.807, 2.05) is 0 Å². The third-order valence-electron chi connectivity index (χ3n) is 3.80. The average molecular weight is 248 g/mol. The van der Waals surface area contributed by atoms with Gasteiger partial charge in [0.15, 0.2) is 0 Å². The van der Waals surface area contributed by atoms with Gasteiger partial charge >= 0.3 is 0 Å². The first-order valence-corrected chi connectivity index (χ1v) is 6.84. The van der Waals surface area contributed by atoms with Crippen LogP contribution in [0.4, 0.5) is 0 Å². The highest BCUT2D eigenvalue weighted by atomic mass is 16.5. The Morgan fingerprint density at radius 3 is 3.00 bits per heavy atom. The summed E-state index contributed by atoms with van der Waals surface area (Å²) in [4.78, 5) is 2.45. The van der Waals surface area contributed by atoms with Gasteiger partial charge in [-0.05, 0) is 50.2 Å². The molecule has 0 aromatic heterocycles. The van der Waals surface area contributed by atoms with E-state index in [2.05, 4.69) is 42.4 Å². The zero-order valence-corrected chi connectivity index (χ0v) is 11.7. The summed E-state index contributed by atoms with van der Waals surface area (Å²) in [6.45, 7) is 5.49. The summed E-state index contributed by atoms with van der Waals surface area (Å²) in [6, 6.07) is 7.08. The molecular formula is C15H24N2O. The van der Waals surface area contributed by atoms with E-state index in [4.69, 9.17) is 4.74 Å². The Morgan fingerprint density at radius 1 is 1.44 bits per heavy atom. The Hall–Kier alpha value is -1.06. The Bertz CT molecular complexity index is 392. The first-order chi connectivity index (χ1) is 8.76. The van der Waals surface area contributed by atoms with E-state index >= 15 is 0 Å². The second kappa shape index (κ2) is 6.21. The number of hydrogen-bond acceptors (Lipinski definition) is 3. The van der Waals surface area contributed by atoms with Gasteiger partial charge in [-0.1, -0.05) is 19.1 Å². The number of nitrogens with one attached hydrogen (secondary N) is 1. The van der Waals surface area contributed by atoms with Crippen molar-refractivity contribution >= 4 is 0 Å². The summed E-state index contributed by atoms with van der Waals surface area (Å²) in [5.74, 6) is 1.01. The molecule has 0 spiro atoms. The minimum Gasteiger partial charge on any atom is -0.496 e. The standard InChI is InChI=1S/C15H24N2O/c1-4-12-10-13(6-7-15(12)18-3)14-11-16-8-5-9-17(14)2/h6-7,10,14,16H,4-5,8-9,11H2,1-3H3. The van der Waals surface area contributed by atoms with Gasteiger partial charge in [-0.2, -0.15) is 0 Å². The van der Waals surface area contributed by atoms with Gasteiger partial charge in [0.05, 0.1) is 7.11 Å². The van der Waals surface area contributed by atoms with Gasteiger partial charge < -0.3 is 10.1 Å². The Balaban J connectivity index is 2.26. The van der Waals surface area contributed by atoms with Crippen molar-refractivity contribution in [3.8, 4) is 5.75 Å². The quantitative estimate of drug-likeness (QED) is 0.887. The second-order valence-corrected chi connectivity index (χ2v) is 4.98. The van der Waals surface area contributed by atoms with E-state index < -0.39 is 0 Å². The first kappa shape index (κ1) is 13.4. The van der Waals surface area contributed by atoms with Gasteiger partial charge in [0, 0.05) is 12.6 Å². The summed E-state index contributed by atoms with van der Waals surface area (Å²) in [5, 5.41) is 3.52. The lowest BCUT2D eigenvalue weighted by Gasteiger charge is -2.26. The molecule has 1 saturated heterocycles. The molecule has 2 rings (SSSR count). The van der Waals surface area contributed by atoms with Gasteiger partial charge in [0.25, 0.3) is 0 Å². The maximum absolute atomic E-state index is 5.40. The molecular weight excluding hydrogens is 224 g/mol. The molecule has 1 heterocycles. The highest BCUT2D eigenvalue weighted by molar-refractivity contribution is 5.38. The molecule has 3 heteroatoms. The summed E-state index contributed by atoms with van der Waals surface area (Å²) in [7, 11) is 3.96. The van der Waals surface area contributed by atoms with Gasteiger partial charge in [0.2, 0.25) is 0 Å². The highest BCUT2D eigenvalue weighted by Crippen LogP contribution is 2.27. The molecule has 0 saturated carbocycles. The van der Waals surface area contributed by atoms with Crippen LogP contribution in [0.15, 0.2) is 18.2 Å². The number of rotatable bonds is 3. The van der Waals surface area contributed by atoms with Crippen LogP contribution in [0, 0.1) is 0 Å². The summed E-state index contributed by atoms with van der Waals surface area (Å²) < 4.78 is 5.40. The number of hydrogen-bond donors (Lipinski definition) is 1. The molecule has 0 aliphatic carbocycles. The van der Waals surface area contributed by atoms with Crippen molar-refractivity contribution in [2.45, 2.75) is 25.8 Å². The number of aryl methyl sites for hydroxylation is 1. The third-order valence-corrected chi connectivity index (χ3v) is 3.80. The molecule has 18 heavy (non-hydrogen) atoms. The fourth-order valence-electron chi connectivity index (χ4n) is 2.66. The van der Waals surface area contributed by atoms with Crippen molar-refractivity contribution in [2.75, 3.05) is 33.8 Å². The Morgan fingerprint density at radius 2 is 2.28 bits per heavy atom. The Labute approximate surface area is 110 Å². The largest absolute Gasteiger partial charge is 0.496 e. The summed E-state index contributed by atoms with van der Waals surface area (Å²) >= 11 is 0. The molecule has 0 bridgehead atoms. The van der Waals surface area contributed by atoms with E-state index in [0.717, 1.165) is 31.8 Å². The minimum absolute atomic E-state index is 0.476. The predicted octanol–water partition coefficient (Wildman–Crippen LogP) is 2.22. The third kappa shape index (κ3) is 2.85. The number of methoxy groups -OCH3 is 1. The van der Waals surface area contributed by atoms with Crippen LogP contribution in [-0.4, -0.2) is 38.7 Å². The molecule has 1 fully saturated rings. The maximum Gasteiger partial charge on any atom is 0.122 e. The second-order valence-electron chi connectivity index (χ2n) is 4.98. The van der Waals surface area contributed by atoms with E-state index in [0.29, 0.717) is 6.04 Å². The van der Waals surface area contributed by atoms with Crippen LogP contribution in [0.1, 0.15) is 30.5 Å². The summed E-state index contributed by atoms with van der Waals surface area (Å²) in [6.07, 6.45) is 2.24. The minimum atomic E-state index is 0.476. The van der Waals surface area contributed by atoms with Crippen molar-refractivity contribution in [3.05, 3.63) is 29.3 Å². The topological polar surface area (TPSA) is 24.5 Å². The van der Waals surface area contributed by atoms with Crippen molar-refractivity contribution in [1.29, 1.82) is 0 Å². The average Bonchev–Trinajstić information content (AvgIpc) is 2.62. The molecule has 1 N–H and O–H groups in total. The molecule has 100 valence electrons. The van der Waals surface area contributed by atoms with Crippen molar-refractivity contribution in [1.82, 2.24) is 10.2 Å². The van der Waals surface area contributed by atoms with Gasteiger partial charge in [-0.3, -0.25) is 4.90 Å². The number of nitrogens with zero attached hydrogens (tertiary/aromatic N) is 1. The van der Waals surface area contributed by atoms with Gasteiger partial charge in [-0.15, -0.1) is 0 Å². The molecule has 0 radical (unpaired) electrons. The maximum atomic E-state index is 5.40. The molecule has 0 amide bonds. The fourth-order valence-corrected chi connectivity index (χ4v) is 2.66. The number of likely N-dealkylation sites (N-methyl/N-ethyl adjacent to an activating group) is 1. The smallest absolute Gasteiger partial charge is 0.122 e. The Kier molecular flexibility index (Phi) is 4.61. The van der Waals surface area contributed by atoms with Gasteiger partial charge in [0.1, 0.15) is 5.75 Å². The first-order valence-electron chi connectivity index (χ1n) is 6.84. The molecule has 1 unspecified atom stereocenters. The number of ether oxygens (including phenoxy) is 1. The van der Waals surface area contributed by atoms with E-state index in [-0.39, 0.29) is 0 Å². The van der Waals surface area contributed by atoms with Crippen molar-refractivity contribution < 1.29 is 4.74 Å². The lowest BCUT2D eigenvalue weighted by molar-refractivity contribution is 0.261. The zero-order chi connectivity index (χ0) is 13.0. The van der Waals surface area contributed by atoms with E-state index in [1.54, 1.807) is 7.11 Å². The van der Waals surface area contributed by atoms with Crippen LogP contribution >= 0.6 is 0 Å². The van der Waals surface area contributed by atoms with Crippen molar-refractivity contribution in [3.63, 3.8) is 0 Å². The number of benzene rings is 1. The summed E-state index contributed by atoms with van der Waals surface area (Å²) in [5.41, 5.74) is 2.69.